The molecule has 2 aromatic rings. The maximum Gasteiger partial charge on any atom is 0.225 e. The third kappa shape index (κ3) is 4.22. The first kappa shape index (κ1) is 15.8. The third-order valence-electron chi connectivity index (χ3n) is 3.12. The van der Waals surface area contributed by atoms with Gasteiger partial charge in [-0.25, -0.2) is 8.78 Å². The van der Waals surface area contributed by atoms with Gasteiger partial charge in [0.2, 0.25) is 5.91 Å². The highest BCUT2D eigenvalue weighted by Crippen LogP contribution is 2.09. The number of carbonyl (C=O) groups excluding carboxylic acids is 2. The summed E-state index contributed by atoms with van der Waals surface area (Å²) >= 11 is 0. The Labute approximate surface area is 127 Å². The predicted octanol–water partition coefficient (Wildman–Crippen LogP) is 2.89. The van der Waals surface area contributed by atoms with Crippen molar-refractivity contribution in [2.24, 2.45) is 0 Å². The van der Waals surface area contributed by atoms with Crippen LogP contribution in [0.25, 0.3) is 0 Å². The van der Waals surface area contributed by atoms with Gasteiger partial charge in [-0.3, -0.25) is 9.59 Å². The summed E-state index contributed by atoms with van der Waals surface area (Å²) in [6.45, 7) is 1.57. The topological polar surface area (TPSA) is 46.2 Å². The Morgan fingerprint density at radius 1 is 1.05 bits per heavy atom. The van der Waals surface area contributed by atoms with Gasteiger partial charge >= 0.3 is 0 Å². The minimum absolute atomic E-state index is 0.193. The van der Waals surface area contributed by atoms with Crippen molar-refractivity contribution in [2.75, 3.05) is 0 Å². The van der Waals surface area contributed by atoms with Crippen LogP contribution in [-0.4, -0.2) is 17.7 Å². The second-order valence-electron chi connectivity index (χ2n) is 4.97. The van der Waals surface area contributed by atoms with E-state index in [2.05, 4.69) is 5.32 Å². The summed E-state index contributed by atoms with van der Waals surface area (Å²) < 4.78 is 26.1. The van der Waals surface area contributed by atoms with Crippen LogP contribution in [0.2, 0.25) is 0 Å². The molecule has 0 saturated heterocycles. The van der Waals surface area contributed by atoms with E-state index in [0.717, 1.165) is 18.2 Å². The van der Waals surface area contributed by atoms with E-state index in [1.165, 1.54) is 0 Å². The maximum atomic E-state index is 13.1. The number of amides is 1. The van der Waals surface area contributed by atoms with Gasteiger partial charge in [0, 0.05) is 11.6 Å². The molecule has 0 aliphatic carbocycles. The minimum Gasteiger partial charge on any atom is -0.346 e. The van der Waals surface area contributed by atoms with Crippen LogP contribution < -0.4 is 5.32 Å². The van der Waals surface area contributed by atoms with Crippen LogP contribution in [-0.2, 0) is 11.2 Å². The molecule has 5 heteroatoms. The highest BCUT2D eigenvalue weighted by molar-refractivity contribution is 6.01. The van der Waals surface area contributed by atoms with Gasteiger partial charge in [0.25, 0.3) is 0 Å². The van der Waals surface area contributed by atoms with Crippen molar-refractivity contribution < 1.29 is 18.4 Å². The Morgan fingerprint density at radius 2 is 1.64 bits per heavy atom. The number of carbonyl (C=O) groups is 2. The van der Waals surface area contributed by atoms with E-state index in [0.29, 0.717) is 5.56 Å². The largest absolute Gasteiger partial charge is 0.346 e. The third-order valence-corrected chi connectivity index (χ3v) is 3.12. The number of Topliss-reactive ketones (excluding diaryl/α,β-unsaturated/α-hetero) is 1. The molecule has 3 nitrogen and oxygen atoms in total. The second-order valence-corrected chi connectivity index (χ2v) is 4.97. The first-order chi connectivity index (χ1) is 10.5. The number of halogens is 2. The zero-order valence-corrected chi connectivity index (χ0v) is 12.0. The van der Waals surface area contributed by atoms with E-state index < -0.39 is 23.6 Å². The van der Waals surface area contributed by atoms with Crippen LogP contribution in [0.15, 0.2) is 48.5 Å². The van der Waals surface area contributed by atoms with Gasteiger partial charge in [0.1, 0.15) is 11.6 Å². The van der Waals surface area contributed by atoms with Gasteiger partial charge in [0.05, 0.1) is 12.5 Å². The Kier molecular flexibility index (Phi) is 4.99. The maximum absolute atomic E-state index is 13.1. The monoisotopic (exact) mass is 303 g/mol. The summed E-state index contributed by atoms with van der Waals surface area (Å²) in [6, 6.07) is 10.8. The molecule has 0 aromatic heterocycles. The van der Waals surface area contributed by atoms with Crippen LogP contribution in [0.5, 0.6) is 0 Å². The van der Waals surface area contributed by atoms with Gasteiger partial charge < -0.3 is 5.32 Å². The van der Waals surface area contributed by atoms with Crippen molar-refractivity contribution in [3.63, 3.8) is 0 Å². The van der Waals surface area contributed by atoms with Gasteiger partial charge in [-0.1, -0.05) is 30.3 Å². The molecule has 2 aromatic carbocycles. The summed E-state index contributed by atoms with van der Waals surface area (Å²) in [7, 11) is 0. The fourth-order valence-corrected chi connectivity index (χ4v) is 2.11. The molecule has 0 fully saturated rings. The fourth-order valence-electron chi connectivity index (χ4n) is 2.11. The molecule has 0 radical (unpaired) electrons. The summed E-state index contributed by atoms with van der Waals surface area (Å²) in [6.07, 6.45) is -0.193. The normalized spacial score (nSPS) is 11.8. The molecule has 0 saturated carbocycles. The number of ketones is 1. The predicted molar refractivity (Wildman–Crippen MR) is 78.4 cm³/mol. The molecule has 0 aliphatic rings. The highest BCUT2D eigenvalue weighted by Gasteiger charge is 2.17. The lowest BCUT2D eigenvalue weighted by atomic mass is 10.0. The standard InChI is InChI=1S/C17H15F2NO2/c1-11(17(22)13-5-3-2-4-6-13)20-16(21)9-12-7-14(18)10-15(19)8-12/h2-8,10-11H,9H2,1H3,(H,20,21)/t11-/m0/s1. The Bertz CT molecular complexity index is 666. The van der Waals surface area contributed by atoms with Gasteiger partial charge in [-0.2, -0.15) is 0 Å². The Morgan fingerprint density at radius 3 is 2.23 bits per heavy atom. The quantitative estimate of drug-likeness (QED) is 0.863. The van der Waals surface area contributed by atoms with Gasteiger partial charge in [0.15, 0.2) is 5.78 Å². The molecule has 0 heterocycles. The van der Waals surface area contributed by atoms with E-state index in [4.69, 9.17) is 0 Å². The average Bonchev–Trinajstić information content (AvgIpc) is 2.46. The van der Waals surface area contributed by atoms with Gasteiger partial charge in [-0.15, -0.1) is 0 Å². The van der Waals surface area contributed by atoms with Crippen molar-refractivity contribution >= 4 is 11.7 Å². The van der Waals surface area contributed by atoms with Crippen LogP contribution in [0, 0.1) is 11.6 Å². The molecule has 22 heavy (non-hydrogen) atoms. The number of nitrogens with one attached hydrogen (secondary N) is 1. The molecule has 1 amide bonds. The Balaban J connectivity index is 1.98. The fraction of sp³-hybridized carbons (Fsp3) is 0.176. The molecule has 1 N–H and O–H groups in total. The molecule has 0 spiro atoms. The number of rotatable bonds is 5. The van der Waals surface area contributed by atoms with Crippen molar-refractivity contribution in [2.45, 2.75) is 19.4 Å². The average molecular weight is 303 g/mol. The van der Waals surface area contributed by atoms with E-state index in [-0.39, 0.29) is 17.8 Å². The van der Waals surface area contributed by atoms with Crippen molar-refractivity contribution in [3.05, 3.63) is 71.3 Å². The minimum atomic E-state index is -0.740. The summed E-state index contributed by atoms with van der Waals surface area (Å²) in [5.74, 6) is -2.17. The number of hydrogen-bond donors (Lipinski definition) is 1. The smallest absolute Gasteiger partial charge is 0.225 e. The number of hydrogen-bond acceptors (Lipinski definition) is 2. The summed E-state index contributed by atoms with van der Waals surface area (Å²) in [5.41, 5.74) is 0.710. The van der Waals surface area contributed by atoms with Crippen LogP contribution in [0.1, 0.15) is 22.8 Å². The highest BCUT2D eigenvalue weighted by atomic mass is 19.1. The van der Waals surface area contributed by atoms with Crippen LogP contribution in [0.4, 0.5) is 8.78 Å². The lowest BCUT2D eigenvalue weighted by Gasteiger charge is -2.13. The summed E-state index contributed by atoms with van der Waals surface area (Å²) in [4.78, 5) is 24.0. The lowest BCUT2D eigenvalue weighted by molar-refractivity contribution is -0.120. The number of benzene rings is 2. The molecule has 114 valence electrons. The molecule has 0 unspecified atom stereocenters. The first-order valence-electron chi connectivity index (χ1n) is 6.79. The second kappa shape index (κ2) is 6.93. The molecule has 0 bridgehead atoms. The Hall–Kier alpha value is -2.56. The molecular formula is C17H15F2NO2. The van der Waals surface area contributed by atoms with E-state index in [1.807, 2.05) is 0 Å². The van der Waals surface area contributed by atoms with Crippen molar-refractivity contribution in [1.82, 2.24) is 5.32 Å². The molecule has 1 atom stereocenters. The van der Waals surface area contributed by atoms with E-state index in [9.17, 15) is 18.4 Å². The van der Waals surface area contributed by atoms with E-state index in [1.54, 1.807) is 37.3 Å². The van der Waals surface area contributed by atoms with Crippen LogP contribution in [0.3, 0.4) is 0 Å². The van der Waals surface area contributed by atoms with E-state index >= 15 is 0 Å². The van der Waals surface area contributed by atoms with Crippen molar-refractivity contribution in [3.8, 4) is 0 Å². The molecular weight excluding hydrogens is 288 g/mol. The molecule has 2 rings (SSSR count). The van der Waals surface area contributed by atoms with Gasteiger partial charge in [-0.05, 0) is 24.6 Å². The molecule has 0 aliphatic heterocycles. The zero-order chi connectivity index (χ0) is 16.1. The van der Waals surface area contributed by atoms with Crippen LogP contribution >= 0.6 is 0 Å². The lowest BCUT2D eigenvalue weighted by Crippen LogP contribution is -2.39. The SMILES string of the molecule is C[C@H](NC(=O)Cc1cc(F)cc(F)c1)C(=O)c1ccccc1. The summed E-state index contributed by atoms with van der Waals surface area (Å²) in [5, 5.41) is 2.53. The van der Waals surface area contributed by atoms with Crippen molar-refractivity contribution in [1.29, 1.82) is 0 Å². The first-order valence-corrected chi connectivity index (χ1v) is 6.79. The zero-order valence-electron chi connectivity index (χ0n) is 12.0.